The van der Waals surface area contributed by atoms with Crippen molar-refractivity contribution >= 4 is 30.1 Å². The van der Waals surface area contributed by atoms with Crippen LogP contribution in [0.3, 0.4) is 0 Å². The lowest BCUT2D eigenvalue weighted by atomic mass is 9.78. The van der Waals surface area contributed by atoms with Gasteiger partial charge in [-0.25, -0.2) is 9.78 Å². The van der Waals surface area contributed by atoms with Gasteiger partial charge in [0.15, 0.2) is 0 Å². The van der Waals surface area contributed by atoms with Crippen molar-refractivity contribution in [2.24, 2.45) is 5.92 Å². The smallest absolute Gasteiger partial charge is 0.416 e. The Morgan fingerprint density at radius 1 is 1.06 bits per heavy atom. The van der Waals surface area contributed by atoms with Crippen LogP contribution in [0.25, 0.3) is 0 Å². The number of anilines is 2. The van der Waals surface area contributed by atoms with Crippen molar-refractivity contribution < 1.29 is 14.3 Å². The van der Waals surface area contributed by atoms with E-state index in [1.54, 1.807) is 11.1 Å². The van der Waals surface area contributed by atoms with Gasteiger partial charge in [0.25, 0.3) is 0 Å². The van der Waals surface area contributed by atoms with Crippen LogP contribution in [0.2, 0.25) is 0 Å². The number of ether oxygens (including phenoxy) is 2. The lowest BCUT2D eigenvalue weighted by Gasteiger charge is -2.35. The number of pyridine rings is 1. The van der Waals surface area contributed by atoms with E-state index in [4.69, 9.17) is 9.47 Å². The molecular formula is C24H32ClN5O3. The highest BCUT2D eigenvalue weighted by molar-refractivity contribution is 5.89. The Kier molecular flexibility index (Phi) is 7.53. The first-order chi connectivity index (χ1) is 15.7. The van der Waals surface area contributed by atoms with Crippen LogP contribution in [0.4, 0.5) is 16.4 Å². The summed E-state index contributed by atoms with van der Waals surface area (Å²) in [7, 11) is 0. The van der Waals surface area contributed by atoms with Crippen molar-refractivity contribution in [3.8, 4) is 5.88 Å². The van der Waals surface area contributed by atoms with Crippen LogP contribution in [0.5, 0.6) is 5.88 Å². The molecule has 8 nitrogen and oxygen atoms in total. The number of nitrogens with one attached hydrogen (secondary N) is 1. The number of hydrogen-bond donors (Lipinski definition) is 1. The molecule has 0 atom stereocenters. The predicted octanol–water partition coefficient (Wildman–Crippen LogP) is 5.00. The maximum Gasteiger partial charge on any atom is 0.416 e. The first-order valence-electron chi connectivity index (χ1n) is 11.8. The molecule has 0 radical (unpaired) electrons. The van der Waals surface area contributed by atoms with Crippen LogP contribution in [0.1, 0.15) is 57.8 Å². The molecule has 3 aliphatic rings. The highest BCUT2D eigenvalue weighted by Gasteiger charge is 2.47. The molecule has 1 amide bonds. The first kappa shape index (κ1) is 23.5. The number of amides is 1. The normalized spacial score (nSPS) is 25.4. The largest absolute Gasteiger partial charge is 0.473 e. The van der Waals surface area contributed by atoms with Crippen molar-refractivity contribution in [1.82, 2.24) is 15.2 Å². The fourth-order valence-electron chi connectivity index (χ4n) is 5.06. The third-order valence-electron chi connectivity index (χ3n) is 6.96. The zero-order valence-corrected chi connectivity index (χ0v) is 19.6. The molecule has 2 aromatic heterocycles. The average molecular weight is 474 g/mol. The van der Waals surface area contributed by atoms with Crippen molar-refractivity contribution in [2.75, 3.05) is 23.3 Å². The molecule has 3 fully saturated rings. The molecule has 2 saturated carbocycles. The Balaban J connectivity index is 0.00000259. The molecule has 0 bridgehead atoms. The molecule has 33 heavy (non-hydrogen) atoms. The summed E-state index contributed by atoms with van der Waals surface area (Å²) in [4.78, 5) is 18.4. The molecule has 9 heteroatoms. The summed E-state index contributed by atoms with van der Waals surface area (Å²) in [5.41, 5.74) is -0.386. The van der Waals surface area contributed by atoms with E-state index < -0.39 is 0 Å². The molecule has 2 aromatic rings. The van der Waals surface area contributed by atoms with E-state index >= 15 is 0 Å². The second-order valence-corrected chi connectivity index (χ2v) is 9.28. The number of nitrogens with zero attached hydrogens (tertiary/aromatic N) is 4. The van der Waals surface area contributed by atoms with Crippen molar-refractivity contribution in [3.05, 3.63) is 36.5 Å². The maximum absolute atomic E-state index is 12.4. The van der Waals surface area contributed by atoms with Crippen LogP contribution in [-0.4, -0.2) is 46.1 Å². The standard InChI is InChI=1S/C24H31N5O3.ClH/c30-23-29(21-8-4-5-15-25-21)17-24(32-23)13-11-18(12-14-24)16-26-20-9-10-22(28-27-20)31-19-6-2-1-3-7-19;/h4-5,8-10,15,18-19H,1-3,6-7,11-14,16-17H2,(H,26,27);1H. The van der Waals surface area contributed by atoms with Gasteiger partial charge in [-0.3, -0.25) is 4.90 Å². The molecule has 3 heterocycles. The quantitative estimate of drug-likeness (QED) is 0.631. The maximum atomic E-state index is 12.4. The molecule has 1 spiro atoms. The predicted molar refractivity (Wildman–Crippen MR) is 128 cm³/mol. The summed E-state index contributed by atoms with van der Waals surface area (Å²) in [6.45, 7) is 1.42. The van der Waals surface area contributed by atoms with Gasteiger partial charge in [0.2, 0.25) is 5.88 Å². The molecule has 1 saturated heterocycles. The molecule has 0 unspecified atom stereocenters. The lowest BCUT2D eigenvalue weighted by molar-refractivity contribution is 0.0148. The van der Waals surface area contributed by atoms with E-state index in [1.165, 1.54) is 19.3 Å². The van der Waals surface area contributed by atoms with Crippen LogP contribution in [-0.2, 0) is 4.74 Å². The minimum Gasteiger partial charge on any atom is -0.473 e. The van der Waals surface area contributed by atoms with E-state index in [2.05, 4.69) is 20.5 Å². The van der Waals surface area contributed by atoms with Gasteiger partial charge in [0.1, 0.15) is 23.3 Å². The summed E-state index contributed by atoms with van der Waals surface area (Å²) < 4.78 is 11.8. The van der Waals surface area contributed by atoms with Gasteiger partial charge in [-0.15, -0.1) is 22.6 Å². The van der Waals surface area contributed by atoms with Gasteiger partial charge >= 0.3 is 6.09 Å². The highest BCUT2D eigenvalue weighted by atomic mass is 35.5. The minimum atomic E-state index is -0.386. The summed E-state index contributed by atoms with van der Waals surface area (Å²) in [5, 5.41) is 11.9. The Morgan fingerprint density at radius 3 is 2.58 bits per heavy atom. The van der Waals surface area contributed by atoms with Crippen LogP contribution in [0.15, 0.2) is 36.5 Å². The number of rotatable bonds is 6. The van der Waals surface area contributed by atoms with E-state index in [0.29, 0.717) is 24.2 Å². The van der Waals surface area contributed by atoms with Gasteiger partial charge in [0.05, 0.1) is 6.54 Å². The highest BCUT2D eigenvalue weighted by Crippen LogP contribution is 2.40. The third kappa shape index (κ3) is 5.66. The molecular weight excluding hydrogens is 442 g/mol. The summed E-state index contributed by atoms with van der Waals surface area (Å²) in [6.07, 6.45) is 11.5. The third-order valence-corrected chi connectivity index (χ3v) is 6.96. The first-order valence-corrected chi connectivity index (χ1v) is 11.8. The van der Waals surface area contributed by atoms with Crippen molar-refractivity contribution in [2.45, 2.75) is 69.5 Å². The zero-order valence-electron chi connectivity index (χ0n) is 18.8. The van der Waals surface area contributed by atoms with E-state index in [9.17, 15) is 4.79 Å². The van der Waals surface area contributed by atoms with Gasteiger partial charge < -0.3 is 14.8 Å². The molecule has 2 aliphatic carbocycles. The van der Waals surface area contributed by atoms with E-state index in [0.717, 1.165) is 50.9 Å². The number of halogens is 1. The Labute approximate surface area is 200 Å². The van der Waals surface area contributed by atoms with Crippen LogP contribution >= 0.6 is 12.4 Å². The molecule has 0 aromatic carbocycles. The molecule has 1 aliphatic heterocycles. The number of carbonyl (C=O) groups excluding carboxylic acids is 1. The van der Waals surface area contributed by atoms with Crippen molar-refractivity contribution in [3.63, 3.8) is 0 Å². The Bertz CT molecular complexity index is 900. The van der Waals surface area contributed by atoms with Gasteiger partial charge in [-0.05, 0) is 75.5 Å². The second kappa shape index (κ2) is 10.5. The van der Waals surface area contributed by atoms with Gasteiger partial charge in [0, 0.05) is 18.8 Å². The number of aromatic nitrogens is 3. The molecule has 5 rings (SSSR count). The molecule has 1 N–H and O–H groups in total. The zero-order chi connectivity index (χ0) is 21.8. The van der Waals surface area contributed by atoms with Crippen LogP contribution < -0.4 is 15.0 Å². The minimum absolute atomic E-state index is 0. The van der Waals surface area contributed by atoms with E-state index in [1.807, 2.05) is 30.3 Å². The lowest BCUT2D eigenvalue weighted by Crippen LogP contribution is -2.39. The second-order valence-electron chi connectivity index (χ2n) is 9.28. The summed E-state index contributed by atoms with van der Waals surface area (Å²) >= 11 is 0. The Hall–Kier alpha value is -2.61. The molecule has 178 valence electrons. The average Bonchev–Trinajstić information content (AvgIpc) is 3.16. The Morgan fingerprint density at radius 2 is 1.88 bits per heavy atom. The number of carbonyl (C=O) groups is 1. The monoisotopic (exact) mass is 473 g/mol. The topological polar surface area (TPSA) is 89.5 Å². The fraction of sp³-hybridized carbons (Fsp3) is 0.583. The summed E-state index contributed by atoms with van der Waals surface area (Å²) in [5.74, 6) is 2.56. The van der Waals surface area contributed by atoms with Gasteiger partial charge in [-0.2, -0.15) is 0 Å². The van der Waals surface area contributed by atoms with Gasteiger partial charge in [-0.1, -0.05) is 12.5 Å². The number of hydrogen-bond acceptors (Lipinski definition) is 7. The van der Waals surface area contributed by atoms with Crippen molar-refractivity contribution in [1.29, 1.82) is 0 Å². The fourth-order valence-corrected chi connectivity index (χ4v) is 5.06. The van der Waals surface area contributed by atoms with Crippen LogP contribution in [0, 0.1) is 5.92 Å². The summed E-state index contributed by atoms with van der Waals surface area (Å²) in [6, 6.07) is 9.44. The SMILES string of the molecule is Cl.O=C1OC2(CCC(CNc3ccc(OC4CCCCC4)nn3)CC2)CN1c1ccccn1. The van der Waals surface area contributed by atoms with E-state index in [-0.39, 0.29) is 30.2 Å².